The molecule has 1 N–H and O–H groups in total. The number of aryl methyl sites for hydroxylation is 1. The lowest BCUT2D eigenvalue weighted by Crippen LogP contribution is -2.05. The van der Waals surface area contributed by atoms with E-state index in [1.54, 1.807) is 0 Å². The molecule has 0 saturated heterocycles. The molecule has 1 atom stereocenters. The van der Waals surface area contributed by atoms with Gasteiger partial charge in [0.25, 0.3) is 0 Å². The Morgan fingerprint density at radius 1 is 0.864 bits per heavy atom. The molecule has 0 saturated carbocycles. The van der Waals surface area contributed by atoms with Crippen LogP contribution in [0.25, 0.3) is 32.3 Å². The SMILES string of the molecule is O=S(O)(=S)CCc1ccc2ccc3cccc4ccc1c2c34. The first-order valence-corrected chi connectivity index (χ1v) is 9.74. The first kappa shape index (κ1) is 13.9. The van der Waals surface area contributed by atoms with Crippen LogP contribution in [0.3, 0.4) is 0 Å². The Labute approximate surface area is 133 Å². The van der Waals surface area contributed by atoms with Crippen molar-refractivity contribution in [2.75, 3.05) is 5.75 Å². The second-order valence-corrected chi connectivity index (χ2v) is 8.75. The third-order valence-corrected chi connectivity index (χ3v) is 5.47. The number of hydrogen-bond acceptors (Lipinski definition) is 2. The van der Waals surface area contributed by atoms with E-state index in [9.17, 15) is 8.76 Å². The number of rotatable bonds is 3. The third kappa shape index (κ3) is 2.24. The Hall–Kier alpha value is -1.75. The molecule has 4 heteroatoms. The maximum absolute atomic E-state index is 11.4. The quantitative estimate of drug-likeness (QED) is 0.569. The van der Waals surface area contributed by atoms with Crippen LogP contribution in [0, 0.1) is 0 Å². The van der Waals surface area contributed by atoms with E-state index in [1.165, 1.54) is 26.9 Å². The molecule has 4 aromatic carbocycles. The van der Waals surface area contributed by atoms with Crippen molar-refractivity contribution in [3.63, 3.8) is 0 Å². The molecule has 4 rings (SSSR count). The normalized spacial score (nSPS) is 14.8. The summed E-state index contributed by atoms with van der Waals surface area (Å²) in [6.07, 6.45) is 0.521. The minimum Gasteiger partial charge on any atom is -0.306 e. The minimum atomic E-state index is -3.12. The average Bonchev–Trinajstić information content (AvgIpc) is 2.50. The molecule has 0 aliphatic rings. The molecule has 0 radical (unpaired) electrons. The Bertz CT molecular complexity index is 1080. The third-order valence-electron chi connectivity index (χ3n) is 4.25. The standard InChI is InChI=1S/C18H14O2S2/c19-22(20,21)11-10-12-4-5-15-7-6-13-2-1-3-14-8-9-16(12)18(15)17(13)14/h1-9H,10-11H2,(H,19,20,21). The summed E-state index contributed by atoms with van der Waals surface area (Å²) in [5, 5.41) is 7.31. The number of hydrogen-bond donors (Lipinski definition) is 1. The Kier molecular flexibility index (Phi) is 3.08. The van der Waals surface area contributed by atoms with Crippen LogP contribution in [0.15, 0.2) is 54.6 Å². The van der Waals surface area contributed by atoms with Crippen molar-refractivity contribution in [2.24, 2.45) is 0 Å². The van der Waals surface area contributed by atoms with Gasteiger partial charge in [0.2, 0.25) is 0 Å². The van der Waals surface area contributed by atoms with Gasteiger partial charge in [0, 0.05) is 11.2 Å². The van der Waals surface area contributed by atoms with Gasteiger partial charge in [0.05, 0.1) is 5.75 Å². The fourth-order valence-electron chi connectivity index (χ4n) is 3.25. The van der Waals surface area contributed by atoms with Gasteiger partial charge in [-0.1, -0.05) is 54.6 Å². The van der Waals surface area contributed by atoms with Crippen molar-refractivity contribution >= 4 is 52.3 Å². The molecule has 1 unspecified atom stereocenters. The molecule has 110 valence electrons. The van der Waals surface area contributed by atoms with Crippen molar-refractivity contribution in [3.8, 4) is 0 Å². The van der Waals surface area contributed by atoms with Gasteiger partial charge in [-0.25, -0.2) is 4.21 Å². The molecule has 0 fully saturated rings. The fraction of sp³-hybridized carbons (Fsp3) is 0.111. The van der Waals surface area contributed by atoms with Crippen LogP contribution in [0.5, 0.6) is 0 Å². The summed E-state index contributed by atoms with van der Waals surface area (Å²) >= 11 is 4.61. The summed E-state index contributed by atoms with van der Waals surface area (Å²) in [6.45, 7) is 0. The molecular weight excluding hydrogens is 312 g/mol. The zero-order valence-corrected chi connectivity index (χ0v) is 13.4. The highest BCUT2D eigenvalue weighted by Gasteiger charge is 2.11. The van der Waals surface area contributed by atoms with Crippen LogP contribution in [-0.4, -0.2) is 14.5 Å². The summed E-state index contributed by atoms with van der Waals surface area (Å²) < 4.78 is 20.8. The molecule has 22 heavy (non-hydrogen) atoms. The molecule has 0 amide bonds. The molecule has 0 heterocycles. The van der Waals surface area contributed by atoms with Gasteiger partial charge in [-0.3, -0.25) is 0 Å². The van der Waals surface area contributed by atoms with Crippen LogP contribution in [-0.2, 0) is 26.4 Å². The van der Waals surface area contributed by atoms with E-state index in [0.717, 1.165) is 10.9 Å². The van der Waals surface area contributed by atoms with Crippen LogP contribution in [0.1, 0.15) is 5.56 Å². The predicted octanol–water partition coefficient (Wildman–Crippen LogP) is 4.35. The van der Waals surface area contributed by atoms with Gasteiger partial charge in [-0.05, 0) is 44.3 Å². The van der Waals surface area contributed by atoms with E-state index in [2.05, 4.69) is 59.7 Å². The number of benzene rings is 4. The topological polar surface area (TPSA) is 37.3 Å². The summed E-state index contributed by atoms with van der Waals surface area (Å²) in [7, 11) is -3.12. The monoisotopic (exact) mass is 326 g/mol. The molecule has 0 aliphatic carbocycles. The lowest BCUT2D eigenvalue weighted by molar-refractivity contribution is 0.561. The molecule has 4 aromatic rings. The second-order valence-electron chi connectivity index (χ2n) is 5.62. The van der Waals surface area contributed by atoms with Crippen LogP contribution in [0.4, 0.5) is 0 Å². The van der Waals surface area contributed by atoms with Crippen molar-refractivity contribution in [1.29, 1.82) is 0 Å². The summed E-state index contributed by atoms with van der Waals surface area (Å²) in [6, 6.07) is 19.0. The van der Waals surface area contributed by atoms with Crippen molar-refractivity contribution in [2.45, 2.75) is 6.42 Å². The van der Waals surface area contributed by atoms with Gasteiger partial charge in [0.1, 0.15) is 8.77 Å². The predicted molar refractivity (Wildman–Crippen MR) is 96.9 cm³/mol. The van der Waals surface area contributed by atoms with E-state index in [1.807, 2.05) is 6.07 Å². The zero-order valence-electron chi connectivity index (χ0n) is 11.8. The van der Waals surface area contributed by atoms with E-state index >= 15 is 0 Å². The maximum Gasteiger partial charge on any atom is 0.141 e. The van der Waals surface area contributed by atoms with Gasteiger partial charge in [-0.15, -0.1) is 0 Å². The van der Waals surface area contributed by atoms with E-state index in [4.69, 9.17) is 0 Å². The summed E-state index contributed by atoms with van der Waals surface area (Å²) in [4.78, 5) is 0. The zero-order chi connectivity index (χ0) is 15.3. The molecule has 0 aromatic heterocycles. The first-order valence-electron chi connectivity index (χ1n) is 7.13. The van der Waals surface area contributed by atoms with Gasteiger partial charge in [0.15, 0.2) is 0 Å². The minimum absolute atomic E-state index is 0.117. The van der Waals surface area contributed by atoms with Gasteiger partial charge in [-0.2, -0.15) is 0 Å². The summed E-state index contributed by atoms with van der Waals surface area (Å²) in [5.41, 5.74) is 1.08. The molecular formula is C18H14O2S2. The first-order chi connectivity index (χ1) is 10.5. The smallest absolute Gasteiger partial charge is 0.141 e. The maximum atomic E-state index is 11.4. The van der Waals surface area contributed by atoms with E-state index < -0.39 is 8.77 Å². The lowest BCUT2D eigenvalue weighted by atomic mass is 9.91. The Balaban J connectivity index is 2.04. The van der Waals surface area contributed by atoms with Gasteiger partial charge >= 0.3 is 0 Å². The highest BCUT2D eigenvalue weighted by molar-refractivity contribution is 8.29. The van der Waals surface area contributed by atoms with Crippen molar-refractivity contribution < 1.29 is 8.76 Å². The molecule has 0 bridgehead atoms. The fourth-order valence-corrected chi connectivity index (χ4v) is 3.98. The van der Waals surface area contributed by atoms with Gasteiger partial charge < -0.3 is 4.55 Å². The average molecular weight is 326 g/mol. The van der Waals surface area contributed by atoms with Crippen LogP contribution >= 0.6 is 0 Å². The summed E-state index contributed by atoms with van der Waals surface area (Å²) in [5.74, 6) is 0.117. The highest BCUT2D eigenvalue weighted by Crippen LogP contribution is 2.35. The molecule has 0 spiro atoms. The Morgan fingerprint density at radius 3 is 2.14 bits per heavy atom. The van der Waals surface area contributed by atoms with Crippen LogP contribution in [0.2, 0.25) is 0 Å². The highest BCUT2D eigenvalue weighted by atomic mass is 32.8. The second kappa shape index (κ2) is 4.88. The molecule has 2 nitrogen and oxygen atoms in total. The van der Waals surface area contributed by atoms with Crippen LogP contribution < -0.4 is 0 Å². The van der Waals surface area contributed by atoms with Crippen molar-refractivity contribution in [1.82, 2.24) is 0 Å². The van der Waals surface area contributed by atoms with E-state index in [-0.39, 0.29) is 5.75 Å². The molecule has 0 aliphatic heterocycles. The van der Waals surface area contributed by atoms with Crippen molar-refractivity contribution in [3.05, 3.63) is 60.2 Å². The Morgan fingerprint density at radius 2 is 1.45 bits per heavy atom. The largest absolute Gasteiger partial charge is 0.306 e. The van der Waals surface area contributed by atoms with E-state index in [0.29, 0.717) is 6.42 Å². The lowest BCUT2D eigenvalue weighted by Gasteiger charge is -2.13.